The number of hydrogen-bond acceptors (Lipinski definition) is 3. The molecule has 5 nitrogen and oxygen atoms in total. The van der Waals surface area contributed by atoms with Gasteiger partial charge in [0.05, 0.1) is 11.6 Å². The molecule has 1 aromatic rings. The standard InChI is InChI=1S/C9H5N3O2S/c13-15(14)11-5-7-2-1-6-3-4-10-8(6)9(7)12-15/h1-5H. The zero-order chi connectivity index (χ0) is 10.5. The highest BCUT2D eigenvalue weighted by molar-refractivity contribution is 7.88. The highest BCUT2D eigenvalue weighted by Gasteiger charge is 2.13. The van der Waals surface area contributed by atoms with E-state index in [-0.39, 0.29) is 0 Å². The molecule has 74 valence electrons. The van der Waals surface area contributed by atoms with E-state index in [2.05, 4.69) is 13.8 Å². The van der Waals surface area contributed by atoms with E-state index in [4.69, 9.17) is 0 Å². The largest absolute Gasteiger partial charge is 0.363 e. The number of fused-ring (bicyclic) bond motifs is 3. The molecule has 0 saturated carbocycles. The molecule has 0 bridgehead atoms. The average molecular weight is 219 g/mol. The predicted molar refractivity (Wildman–Crippen MR) is 54.3 cm³/mol. The Bertz CT molecular complexity index is 729. The van der Waals surface area contributed by atoms with Crippen LogP contribution in [0.1, 0.15) is 11.1 Å². The zero-order valence-electron chi connectivity index (χ0n) is 7.45. The van der Waals surface area contributed by atoms with Crippen LogP contribution in [0.2, 0.25) is 0 Å². The maximum absolute atomic E-state index is 11.2. The Labute approximate surface area is 85.4 Å². The van der Waals surface area contributed by atoms with Gasteiger partial charge in [0.1, 0.15) is 5.36 Å². The van der Waals surface area contributed by atoms with Crippen molar-refractivity contribution < 1.29 is 8.42 Å². The Balaban J connectivity index is 2.55. The van der Waals surface area contributed by atoms with Gasteiger partial charge in [-0.15, -0.1) is 4.40 Å². The van der Waals surface area contributed by atoms with E-state index >= 15 is 0 Å². The zero-order valence-corrected chi connectivity index (χ0v) is 8.27. The summed E-state index contributed by atoms with van der Waals surface area (Å²) in [6.45, 7) is 0. The molecule has 0 aliphatic carbocycles. The summed E-state index contributed by atoms with van der Waals surface area (Å²) in [6.07, 6.45) is 4.73. The third-order valence-electron chi connectivity index (χ3n) is 2.20. The lowest BCUT2D eigenvalue weighted by Crippen LogP contribution is -2.33. The van der Waals surface area contributed by atoms with Gasteiger partial charge in [-0.3, -0.25) is 4.99 Å². The van der Waals surface area contributed by atoms with E-state index < -0.39 is 10.2 Å². The third-order valence-corrected chi connectivity index (χ3v) is 2.99. The summed E-state index contributed by atoms with van der Waals surface area (Å²) in [6, 6.07) is 3.64. The highest BCUT2D eigenvalue weighted by atomic mass is 32.2. The Kier molecular flexibility index (Phi) is 1.47. The summed E-state index contributed by atoms with van der Waals surface area (Å²) in [5, 5.41) is 0.981. The predicted octanol–water partition coefficient (Wildman–Crippen LogP) is -0.413. The second kappa shape index (κ2) is 2.60. The fourth-order valence-corrected chi connectivity index (χ4v) is 2.25. The fourth-order valence-electron chi connectivity index (χ4n) is 1.54. The molecule has 0 N–H and O–H groups in total. The number of nitrogens with zero attached hydrogens (tertiary/aromatic N) is 3. The highest BCUT2D eigenvalue weighted by Crippen LogP contribution is 2.04. The van der Waals surface area contributed by atoms with E-state index in [1.165, 1.54) is 6.21 Å². The smallest absolute Gasteiger partial charge is 0.254 e. The number of rotatable bonds is 0. The average Bonchev–Trinajstić information content (AvgIpc) is 2.64. The van der Waals surface area contributed by atoms with Crippen molar-refractivity contribution in [2.45, 2.75) is 0 Å². The lowest BCUT2D eigenvalue weighted by atomic mass is 10.1. The molecule has 15 heavy (non-hydrogen) atoms. The first kappa shape index (κ1) is 8.49. The van der Waals surface area contributed by atoms with Crippen LogP contribution >= 0.6 is 0 Å². The maximum Gasteiger partial charge on any atom is 0.363 e. The van der Waals surface area contributed by atoms with Gasteiger partial charge < -0.3 is 0 Å². The minimum absolute atomic E-state index is 0.382. The minimum atomic E-state index is -3.71. The van der Waals surface area contributed by atoms with E-state index in [0.29, 0.717) is 16.3 Å². The molecular formula is C9H5N3O2S. The molecule has 0 fully saturated rings. The molecule has 3 rings (SSSR count). The van der Waals surface area contributed by atoms with Gasteiger partial charge in [-0.25, -0.2) is 0 Å². The molecule has 2 aliphatic rings. The van der Waals surface area contributed by atoms with E-state index in [1.807, 2.05) is 12.1 Å². The van der Waals surface area contributed by atoms with Crippen LogP contribution in [0.25, 0.3) is 6.08 Å². The van der Waals surface area contributed by atoms with Crippen molar-refractivity contribution in [3.05, 3.63) is 40.2 Å². The van der Waals surface area contributed by atoms with E-state index in [1.54, 1.807) is 12.3 Å². The Morgan fingerprint density at radius 3 is 2.73 bits per heavy atom. The Morgan fingerprint density at radius 2 is 1.87 bits per heavy atom. The van der Waals surface area contributed by atoms with Gasteiger partial charge >= 0.3 is 10.2 Å². The van der Waals surface area contributed by atoms with Gasteiger partial charge in [0.15, 0.2) is 0 Å². The van der Waals surface area contributed by atoms with Crippen LogP contribution in [0.3, 0.4) is 0 Å². The molecule has 0 aromatic heterocycles. The van der Waals surface area contributed by atoms with Gasteiger partial charge in [0, 0.05) is 17.3 Å². The molecular weight excluding hydrogens is 214 g/mol. The number of hydrogen-bond donors (Lipinski definition) is 0. The van der Waals surface area contributed by atoms with Gasteiger partial charge in [-0.05, 0) is 6.08 Å². The van der Waals surface area contributed by atoms with Gasteiger partial charge in [-0.1, -0.05) is 12.1 Å². The summed E-state index contributed by atoms with van der Waals surface area (Å²) in [5.74, 6) is 0. The summed E-state index contributed by atoms with van der Waals surface area (Å²) in [5.41, 5.74) is 1.55. The summed E-state index contributed by atoms with van der Waals surface area (Å²) in [4.78, 5) is 4.08. The molecule has 1 aromatic carbocycles. The Morgan fingerprint density at radius 1 is 1.07 bits per heavy atom. The van der Waals surface area contributed by atoms with E-state index in [9.17, 15) is 8.42 Å². The monoisotopic (exact) mass is 219 g/mol. The molecule has 2 heterocycles. The number of benzene rings is 1. The van der Waals surface area contributed by atoms with E-state index in [0.717, 1.165) is 5.56 Å². The van der Waals surface area contributed by atoms with Crippen molar-refractivity contribution >= 4 is 22.5 Å². The van der Waals surface area contributed by atoms with Gasteiger partial charge in [-0.2, -0.15) is 12.8 Å². The second-order valence-electron chi connectivity index (χ2n) is 3.16. The molecule has 6 heteroatoms. The van der Waals surface area contributed by atoms with Gasteiger partial charge in [0.25, 0.3) is 0 Å². The van der Waals surface area contributed by atoms with Crippen molar-refractivity contribution in [1.82, 2.24) is 0 Å². The van der Waals surface area contributed by atoms with Crippen molar-refractivity contribution in [2.24, 2.45) is 13.8 Å². The van der Waals surface area contributed by atoms with Crippen LogP contribution in [0, 0.1) is 0 Å². The summed E-state index contributed by atoms with van der Waals surface area (Å²) >= 11 is 0. The van der Waals surface area contributed by atoms with Crippen molar-refractivity contribution in [2.75, 3.05) is 0 Å². The molecule has 2 aliphatic heterocycles. The van der Waals surface area contributed by atoms with Crippen LogP contribution in [-0.4, -0.2) is 14.6 Å². The molecule has 0 radical (unpaired) electrons. The molecule has 0 amide bonds. The lowest BCUT2D eigenvalue weighted by Gasteiger charge is -2.01. The maximum atomic E-state index is 11.2. The summed E-state index contributed by atoms with van der Waals surface area (Å²) in [7, 11) is -3.71. The first-order valence-electron chi connectivity index (χ1n) is 4.23. The quantitative estimate of drug-likeness (QED) is 0.595. The third kappa shape index (κ3) is 1.22. The van der Waals surface area contributed by atoms with Crippen molar-refractivity contribution in [3.8, 4) is 0 Å². The lowest BCUT2D eigenvalue weighted by molar-refractivity contribution is 0.598. The summed E-state index contributed by atoms with van der Waals surface area (Å²) < 4.78 is 29.3. The molecule has 0 atom stereocenters. The first-order chi connectivity index (χ1) is 7.16. The van der Waals surface area contributed by atoms with Crippen LogP contribution in [0.4, 0.5) is 0 Å². The fraction of sp³-hybridized carbons (Fsp3) is 0. The molecule has 0 unspecified atom stereocenters. The molecule has 0 spiro atoms. The Hall–Kier alpha value is -1.82. The minimum Gasteiger partial charge on any atom is -0.254 e. The van der Waals surface area contributed by atoms with Crippen molar-refractivity contribution in [3.63, 3.8) is 0 Å². The second-order valence-corrected chi connectivity index (χ2v) is 4.45. The van der Waals surface area contributed by atoms with Crippen molar-refractivity contribution in [1.29, 1.82) is 0 Å². The SMILES string of the molecule is O=S1(=O)N=Cc2ccc3c(c2=N1)=NC=C3. The van der Waals surface area contributed by atoms with Gasteiger partial charge in [0.2, 0.25) is 0 Å². The topological polar surface area (TPSA) is 71.2 Å². The van der Waals surface area contributed by atoms with Crippen LogP contribution in [-0.2, 0) is 10.2 Å². The molecule has 0 saturated heterocycles. The van der Waals surface area contributed by atoms with Crippen LogP contribution < -0.4 is 10.7 Å². The first-order valence-corrected chi connectivity index (χ1v) is 5.63. The van der Waals surface area contributed by atoms with Crippen LogP contribution in [0.15, 0.2) is 32.1 Å². The van der Waals surface area contributed by atoms with Crippen LogP contribution in [0.5, 0.6) is 0 Å². The normalized spacial score (nSPS) is 18.9.